The Morgan fingerprint density at radius 2 is 2.03 bits per heavy atom. The molecule has 0 aromatic carbocycles. The maximum absolute atomic E-state index is 12.3. The zero-order valence-electron chi connectivity index (χ0n) is 17.2. The average molecular weight is 421 g/mol. The molecule has 2 aromatic heterocycles. The van der Waals surface area contributed by atoms with Crippen molar-refractivity contribution >= 4 is 29.6 Å². The molecule has 0 spiro atoms. The van der Waals surface area contributed by atoms with E-state index in [1.54, 1.807) is 13.2 Å². The van der Waals surface area contributed by atoms with Crippen molar-refractivity contribution in [2.24, 2.45) is 11.8 Å². The van der Waals surface area contributed by atoms with Gasteiger partial charge in [0.15, 0.2) is 5.16 Å². The van der Waals surface area contributed by atoms with E-state index in [-0.39, 0.29) is 5.91 Å². The molecule has 1 aliphatic heterocycles. The highest BCUT2D eigenvalue weighted by Crippen LogP contribution is 2.30. The second kappa shape index (κ2) is 9.34. The SMILES string of the molecule is CNC(=O)NC(=O)C(C)Sc1nnc(N2CC(C)CC(C)C2)n1Cc1ccco1. The Morgan fingerprint density at radius 1 is 1.31 bits per heavy atom. The number of furan rings is 1. The summed E-state index contributed by atoms with van der Waals surface area (Å²) in [6.07, 6.45) is 2.83. The van der Waals surface area contributed by atoms with Crippen molar-refractivity contribution in [2.45, 2.75) is 44.1 Å². The number of aromatic nitrogens is 3. The minimum atomic E-state index is -0.531. The summed E-state index contributed by atoms with van der Waals surface area (Å²) in [6, 6.07) is 3.22. The molecule has 1 saturated heterocycles. The van der Waals surface area contributed by atoms with E-state index in [2.05, 4.69) is 39.6 Å². The van der Waals surface area contributed by atoms with E-state index in [4.69, 9.17) is 4.42 Å². The smallest absolute Gasteiger partial charge is 0.321 e. The number of piperidine rings is 1. The van der Waals surface area contributed by atoms with Gasteiger partial charge in [-0.2, -0.15) is 0 Å². The molecule has 29 heavy (non-hydrogen) atoms. The fourth-order valence-electron chi connectivity index (χ4n) is 3.61. The number of carbonyl (C=O) groups is 2. The molecule has 10 heteroatoms. The van der Waals surface area contributed by atoms with Gasteiger partial charge in [0.2, 0.25) is 11.9 Å². The normalized spacial score (nSPS) is 20.3. The monoisotopic (exact) mass is 420 g/mol. The van der Waals surface area contributed by atoms with Crippen LogP contribution in [-0.2, 0) is 11.3 Å². The van der Waals surface area contributed by atoms with Crippen LogP contribution in [0.4, 0.5) is 10.7 Å². The molecule has 158 valence electrons. The Kier molecular flexibility index (Phi) is 6.83. The number of hydrogen-bond donors (Lipinski definition) is 2. The Morgan fingerprint density at radius 3 is 2.66 bits per heavy atom. The van der Waals surface area contributed by atoms with Crippen LogP contribution in [0.1, 0.15) is 33.0 Å². The Hall–Kier alpha value is -2.49. The lowest BCUT2D eigenvalue weighted by Gasteiger charge is -2.35. The van der Waals surface area contributed by atoms with E-state index in [9.17, 15) is 9.59 Å². The molecule has 3 heterocycles. The number of nitrogens with one attached hydrogen (secondary N) is 2. The summed E-state index contributed by atoms with van der Waals surface area (Å²) in [7, 11) is 1.47. The van der Waals surface area contributed by atoms with Crippen molar-refractivity contribution in [1.29, 1.82) is 0 Å². The lowest BCUT2D eigenvalue weighted by molar-refractivity contribution is -0.119. The number of amides is 3. The number of carbonyl (C=O) groups excluding carboxylic acids is 2. The first-order chi connectivity index (χ1) is 13.9. The summed E-state index contributed by atoms with van der Waals surface area (Å²) in [5, 5.41) is 13.6. The van der Waals surface area contributed by atoms with Crippen LogP contribution in [0.3, 0.4) is 0 Å². The maximum atomic E-state index is 12.3. The first kappa shape index (κ1) is 21.2. The highest BCUT2D eigenvalue weighted by molar-refractivity contribution is 8.00. The van der Waals surface area contributed by atoms with Crippen molar-refractivity contribution < 1.29 is 14.0 Å². The molecule has 3 amide bonds. The van der Waals surface area contributed by atoms with Gasteiger partial charge < -0.3 is 14.6 Å². The zero-order valence-corrected chi connectivity index (χ0v) is 18.0. The molecule has 0 radical (unpaired) electrons. The lowest BCUT2D eigenvalue weighted by Crippen LogP contribution is -2.41. The molecule has 3 atom stereocenters. The molecule has 2 N–H and O–H groups in total. The fourth-order valence-corrected chi connectivity index (χ4v) is 4.46. The first-order valence-electron chi connectivity index (χ1n) is 9.77. The second-order valence-corrected chi connectivity index (χ2v) is 8.94. The molecular weight excluding hydrogens is 392 g/mol. The number of hydrogen-bond acceptors (Lipinski definition) is 7. The van der Waals surface area contributed by atoms with Crippen LogP contribution in [0.15, 0.2) is 28.0 Å². The molecule has 9 nitrogen and oxygen atoms in total. The molecule has 0 bridgehead atoms. The van der Waals surface area contributed by atoms with Crippen molar-refractivity contribution in [1.82, 2.24) is 25.4 Å². The van der Waals surface area contributed by atoms with Gasteiger partial charge in [0, 0.05) is 20.1 Å². The summed E-state index contributed by atoms with van der Waals surface area (Å²) in [6.45, 7) is 8.53. The first-order valence-corrected chi connectivity index (χ1v) is 10.6. The molecule has 3 unspecified atom stereocenters. The van der Waals surface area contributed by atoms with Crippen molar-refractivity contribution in [2.75, 3.05) is 25.0 Å². The summed E-state index contributed by atoms with van der Waals surface area (Å²) in [4.78, 5) is 25.9. The van der Waals surface area contributed by atoms with Crippen LogP contribution < -0.4 is 15.5 Å². The summed E-state index contributed by atoms with van der Waals surface area (Å²) >= 11 is 1.27. The number of imide groups is 1. The van der Waals surface area contributed by atoms with E-state index in [1.165, 1.54) is 25.2 Å². The highest BCUT2D eigenvalue weighted by Gasteiger charge is 2.28. The molecule has 1 aliphatic rings. The summed E-state index contributed by atoms with van der Waals surface area (Å²) < 4.78 is 7.51. The third kappa shape index (κ3) is 5.31. The van der Waals surface area contributed by atoms with E-state index < -0.39 is 11.3 Å². The highest BCUT2D eigenvalue weighted by atomic mass is 32.2. The Balaban J connectivity index is 1.83. The van der Waals surface area contributed by atoms with Gasteiger partial charge in [-0.05, 0) is 37.3 Å². The number of nitrogens with zero attached hydrogens (tertiary/aromatic N) is 4. The molecule has 1 fully saturated rings. The number of rotatable bonds is 6. The summed E-state index contributed by atoms with van der Waals surface area (Å²) in [5.74, 6) is 2.32. The average Bonchev–Trinajstić information content (AvgIpc) is 3.31. The third-order valence-electron chi connectivity index (χ3n) is 4.86. The zero-order chi connectivity index (χ0) is 21.0. The van der Waals surface area contributed by atoms with Gasteiger partial charge in [0.05, 0.1) is 18.1 Å². The molecule has 0 aliphatic carbocycles. The molecular formula is C19H28N6O3S. The van der Waals surface area contributed by atoms with Crippen molar-refractivity contribution in [3.63, 3.8) is 0 Å². The van der Waals surface area contributed by atoms with Gasteiger partial charge in [0.25, 0.3) is 0 Å². The summed E-state index contributed by atoms with van der Waals surface area (Å²) in [5.41, 5.74) is 0. The van der Waals surface area contributed by atoms with Crippen LogP contribution in [0.2, 0.25) is 0 Å². The van der Waals surface area contributed by atoms with Gasteiger partial charge >= 0.3 is 6.03 Å². The van der Waals surface area contributed by atoms with Gasteiger partial charge in [-0.15, -0.1) is 10.2 Å². The number of anilines is 1. The second-order valence-electron chi connectivity index (χ2n) is 7.63. The van der Waals surface area contributed by atoms with Crippen LogP contribution >= 0.6 is 11.8 Å². The Bertz CT molecular complexity index is 827. The lowest BCUT2D eigenvalue weighted by atomic mass is 9.92. The van der Waals surface area contributed by atoms with Gasteiger partial charge in [-0.25, -0.2) is 4.79 Å². The van der Waals surface area contributed by atoms with Gasteiger partial charge in [0.1, 0.15) is 5.76 Å². The van der Waals surface area contributed by atoms with Crippen LogP contribution in [0.25, 0.3) is 0 Å². The largest absolute Gasteiger partial charge is 0.467 e. The van der Waals surface area contributed by atoms with Crippen molar-refractivity contribution in [3.8, 4) is 0 Å². The standard InChI is InChI=1S/C19H28N6O3S/c1-12-8-13(2)10-24(9-12)18-22-23-19(25(18)11-15-6-5-7-28-15)29-14(3)16(26)21-17(27)20-4/h5-7,12-14H,8-11H2,1-4H3,(H2,20,21,26,27). The van der Waals surface area contributed by atoms with Crippen LogP contribution in [0, 0.1) is 11.8 Å². The van der Waals surface area contributed by atoms with Crippen LogP contribution in [-0.4, -0.2) is 52.1 Å². The fraction of sp³-hybridized carbons (Fsp3) is 0.579. The van der Waals surface area contributed by atoms with E-state index in [0.29, 0.717) is 23.5 Å². The minimum Gasteiger partial charge on any atom is -0.467 e. The molecule has 0 saturated carbocycles. The predicted octanol–water partition coefficient (Wildman–Crippen LogP) is 2.34. The predicted molar refractivity (Wildman–Crippen MR) is 111 cm³/mol. The minimum absolute atomic E-state index is 0.385. The maximum Gasteiger partial charge on any atom is 0.321 e. The Labute approximate surface area is 174 Å². The van der Waals surface area contributed by atoms with E-state index >= 15 is 0 Å². The topological polar surface area (TPSA) is 105 Å². The van der Waals surface area contributed by atoms with Gasteiger partial charge in [-0.1, -0.05) is 25.6 Å². The van der Waals surface area contributed by atoms with Crippen LogP contribution in [0.5, 0.6) is 0 Å². The van der Waals surface area contributed by atoms with E-state index in [1.807, 2.05) is 16.7 Å². The number of urea groups is 1. The number of thioether (sulfide) groups is 1. The third-order valence-corrected chi connectivity index (χ3v) is 5.94. The molecule has 3 rings (SSSR count). The van der Waals surface area contributed by atoms with E-state index in [0.717, 1.165) is 24.8 Å². The molecule has 2 aromatic rings. The quantitative estimate of drug-likeness (QED) is 0.691. The van der Waals surface area contributed by atoms with Crippen molar-refractivity contribution in [3.05, 3.63) is 24.2 Å². The van der Waals surface area contributed by atoms with Gasteiger partial charge in [-0.3, -0.25) is 14.7 Å².